The molecule has 0 unspecified atom stereocenters. The molecule has 22 heavy (non-hydrogen) atoms. The van der Waals surface area contributed by atoms with Crippen molar-refractivity contribution >= 4 is 17.7 Å². The number of carboxylic acids is 1. The van der Waals surface area contributed by atoms with Gasteiger partial charge in [-0.1, -0.05) is 12.7 Å². The monoisotopic (exact) mass is 305 g/mol. The predicted octanol–water partition coefficient (Wildman–Crippen LogP) is 2.44. The lowest BCUT2D eigenvalue weighted by atomic mass is 10.2. The predicted molar refractivity (Wildman–Crippen MR) is 75.6 cm³/mol. The average molecular weight is 305 g/mol. The molecule has 7 nitrogen and oxygen atoms in total. The Balaban J connectivity index is 2.16. The summed E-state index contributed by atoms with van der Waals surface area (Å²) < 4.78 is 19.8. The molecular weight excluding hydrogens is 293 g/mol. The maximum absolute atomic E-state index is 14.0. The fraction of sp³-hybridized carbons (Fsp3) is 0.0714. The van der Waals surface area contributed by atoms with E-state index in [9.17, 15) is 14.0 Å². The second-order valence-electron chi connectivity index (χ2n) is 4.13. The van der Waals surface area contributed by atoms with Gasteiger partial charge in [-0.15, -0.1) is 0 Å². The van der Waals surface area contributed by atoms with E-state index in [1.54, 1.807) is 0 Å². The van der Waals surface area contributed by atoms with Crippen molar-refractivity contribution in [2.24, 2.45) is 0 Å². The summed E-state index contributed by atoms with van der Waals surface area (Å²) in [6, 6.07) is 5.12. The molecular formula is C14H12FN3O4. The third-order valence-electron chi connectivity index (χ3n) is 2.58. The zero-order valence-electron chi connectivity index (χ0n) is 11.3. The molecule has 1 amide bonds. The van der Waals surface area contributed by atoms with Crippen molar-refractivity contribution in [1.82, 2.24) is 9.78 Å². The molecule has 0 spiro atoms. The Kier molecular flexibility index (Phi) is 4.52. The molecule has 0 aliphatic rings. The van der Waals surface area contributed by atoms with E-state index < -0.39 is 17.9 Å². The van der Waals surface area contributed by atoms with Gasteiger partial charge in [0, 0.05) is 11.9 Å². The van der Waals surface area contributed by atoms with Gasteiger partial charge in [0.25, 0.3) is 0 Å². The Morgan fingerprint density at radius 3 is 2.82 bits per heavy atom. The fourth-order valence-electron chi connectivity index (χ4n) is 1.63. The highest BCUT2D eigenvalue weighted by Gasteiger charge is 2.12. The minimum absolute atomic E-state index is 0.0393. The number of hydrogen-bond donors (Lipinski definition) is 2. The quantitative estimate of drug-likeness (QED) is 0.828. The molecule has 1 heterocycles. The van der Waals surface area contributed by atoms with E-state index in [-0.39, 0.29) is 23.7 Å². The van der Waals surface area contributed by atoms with Crippen LogP contribution in [0.4, 0.5) is 14.9 Å². The van der Waals surface area contributed by atoms with Crippen LogP contribution < -0.4 is 5.32 Å². The van der Waals surface area contributed by atoms with Crippen LogP contribution in [0.5, 0.6) is 0 Å². The number of amides is 1. The van der Waals surface area contributed by atoms with E-state index in [1.165, 1.54) is 30.5 Å². The van der Waals surface area contributed by atoms with Crippen LogP contribution in [0.1, 0.15) is 10.5 Å². The molecule has 1 aromatic heterocycles. The second kappa shape index (κ2) is 6.53. The molecule has 0 fully saturated rings. The highest BCUT2D eigenvalue weighted by Crippen LogP contribution is 2.18. The Hall–Kier alpha value is -3.16. The van der Waals surface area contributed by atoms with Gasteiger partial charge in [0.1, 0.15) is 12.3 Å². The van der Waals surface area contributed by atoms with E-state index in [2.05, 4.69) is 17.0 Å². The molecule has 0 atom stereocenters. The lowest BCUT2D eigenvalue weighted by Crippen LogP contribution is -2.14. The molecule has 0 bridgehead atoms. The number of ether oxygens (including phenoxy) is 1. The van der Waals surface area contributed by atoms with E-state index >= 15 is 0 Å². The summed E-state index contributed by atoms with van der Waals surface area (Å²) in [7, 11) is 0. The van der Waals surface area contributed by atoms with Gasteiger partial charge >= 0.3 is 12.1 Å². The van der Waals surface area contributed by atoms with E-state index in [0.717, 1.165) is 10.7 Å². The summed E-state index contributed by atoms with van der Waals surface area (Å²) in [5.74, 6) is -1.89. The number of carbonyl (C=O) groups is 2. The number of carboxylic acid groups (broad SMARTS) is 1. The molecule has 0 saturated carbocycles. The number of carbonyl (C=O) groups excluding carboxylic acids is 1. The number of nitrogens with zero attached hydrogens (tertiary/aromatic N) is 2. The summed E-state index contributed by atoms with van der Waals surface area (Å²) >= 11 is 0. The maximum atomic E-state index is 14.0. The lowest BCUT2D eigenvalue weighted by molar-refractivity contribution is 0.0690. The van der Waals surface area contributed by atoms with Crippen molar-refractivity contribution in [3.8, 4) is 5.69 Å². The summed E-state index contributed by atoms with van der Waals surface area (Å²) in [6.45, 7) is 3.44. The highest BCUT2D eigenvalue weighted by atomic mass is 19.1. The van der Waals surface area contributed by atoms with Gasteiger partial charge in [-0.25, -0.2) is 18.7 Å². The summed E-state index contributed by atoms with van der Waals surface area (Å²) in [4.78, 5) is 22.1. The van der Waals surface area contributed by atoms with E-state index in [4.69, 9.17) is 9.84 Å². The number of aromatic carboxylic acids is 1. The molecule has 1 aromatic carbocycles. The van der Waals surface area contributed by atoms with Gasteiger partial charge in [0.2, 0.25) is 0 Å². The Morgan fingerprint density at radius 2 is 2.23 bits per heavy atom. The Labute approximate surface area is 124 Å². The van der Waals surface area contributed by atoms with Gasteiger partial charge in [-0.3, -0.25) is 5.32 Å². The van der Waals surface area contributed by atoms with E-state index in [0.29, 0.717) is 0 Å². The Bertz CT molecular complexity index is 727. The van der Waals surface area contributed by atoms with Crippen molar-refractivity contribution < 1.29 is 23.8 Å². The molecule has 2 rings (SSSR count). The third-order valence-corrected chi connectivity index (χ3v) is 2.58. The number of aromatic nitrogens is 2. The van der Waals surface area contributed by atoms with E-state index in [1.807, 2.05) is 0 Å². The lowest BCUT2D eigenvalue weighted by Gasteiger charge is -2.08. The van der Waals surface area contributed by atoms with Crippen LogP contribution in [0, 0.1) is 5.82 Å². The maximum Gasteiger partial charge on any atom is 0.411 e. The van der Waals surface area contributed by atoms with Crippen molar-refractivity contribution in [2.45, 2.75) is 0 Å². The normalized spacial score (nSPS) is 10.0. The van der Waals surface area contributed by atoms with Gasteiger partial charge in [-0.05, 0) is 24.3 Å². The van der Waals surface area contributed by atoms with Crippen molar-refractivity contribution in [2.75, 3.05) is 11.9 Å². The topological polar surface area (TPSA) is 93.5 Å². The first kappa shape index (κ1) is 15.2. The van der Waals surface area contributed by atoms with Crippen LogP contribution in [-0.2, 0) is 4.74 Å². The number of anilines is 1. The number of hydrogen-bond acceptors (Lipinski definition) is 4. The molecule has 2 N–H and O–H groups in total. The molecule has 8 heteroatoms. The Morgan fingerprint density at radius 1 is 1.45 bits per heavy atom. The van der Waals surface area contributed by atoms with Crippen molar-refractivity contribution in [3.05, 3.63) is 54.6 Å². The van der Waals surface area contributed by atoms with Crippen LogP contribution in [0.15, 0.2) is 43.1 Å². The number of rotatable bonds is 5. The van der Waals surface area contributed by atoms with Crippen LogP contribution in [0.2, 0.25) is 0 Å². The van der Waals surface area contributed by atoms with Crippen LogP contribution in [-0.4, -0.2) is 33.6 Å². The summed E-state index contributed by atoms with van der Waals surface area (Å²) in [6.07, 6.45) is 1.99. The molecule has 0 aliphatic carbocycles. The summed E-state index contributed by atoms with van der Waals surface area (Å²) in [5, 5.41) is 14.9. The molecule has 0 aliphatic heterocycles. The first-order chi connectivity index (χ1) is 10.5. The molecule has 0 saturated heterocycles. The molecule has 2 aromatic rings. The first-order valence-corrected chi connectivity index (χ1v) is 6.15. The second-order valence-corrected chi connectivity index (χ2v) is 4.13. The smallest absolute Gasteiger partial charge is 0.411 e. The minimum Gasteiger partial charge on any atom is -0.476 e. The molecule has 114 valence electrons. The number of benzene rings is 1. The average Bonchev–Trinajstić information content (AvgIpc) is 2.95. The first-order valence-electron chi connectivity index (χ1n) is 6.15. The van der Waals surface area contributed by atoms with Gasteiger partial charge in [-0.2, -0.15) is 5.10 Å². The number of halogens is 1. The fourth-order valence-corrected chi connectivity index (χ4v) is 1.63. The van der Waals surface area contributed by atoms with Crippen LogP contribution >= 0.6 is 0 Å². The standard InChI is InChI=1S/C14H12FN3O4/c1-2-7-22-14(21)16-9-3-4-12(10(15)8-9)18-6-5-11(17-18)13(19)20/h2-6,8H,1,7H2,(H,16,21)(H,19,20). The molecule has 0 radical (unpaired) electrons. The highest BCUT2D eigenvalue weighted by molar-refractivity contribution is 5.85. The zero-order chi connectivity index (χ0) is 16.1. The van der Waals surface area contributed by atoms with Crippen molar-refractivity contribution in [3.63, 3.8) is 0 Å². The third kappa shape index (κ3) is 3.48. The zero-order valence-corrected chi connectivity index (χ0v) is 11.3. The summed E-state index contributed by atoms with van der Waals surface area (Å²) in [5.41, 5.74) is 0.0491. The largest absolute Gasteiger partial charge is 0.476 e. The SMILES string of the molecule is C=CCOC(=O)Nc1ccc(-n2ccc(C(=O)O)n2)c(F)c1. The number of nitrogens with one attached hydrogen (secondary N) is 1. The van der Waals surface area contributed by atoms with Crippen molar-refractivity contribution in [1.29, 1.82) is 0 Å². The minimum atomic E-state index is -1.21. The van der Waals surface area contributed by atoms with Gasteiger partial charge < -0.3 is 9.84 Å². The van der Waals surface area contributed by atoms with Gasteiger partial charge in [0.05, 0.1) is 0 Å². The van der Waals surface area contributed by atoms with Crippen LogP contribution in [0.3, 0.4) is 0 Å². The van der Waals surface area contributed by atoms with Gasteiger partial charge in [0.15, 0.2) is 11.5 Å². The van der Waals surface area contributed by atoms with Crippen LogP contribution in [0.25, 0.3) is 5.69 Å².